The normalized spacial score (nSPS) is 18.5. The lowest BCUT2D eigenvalue weighted by atomic mass is 9.86. The third kappa shape index (κ3) is 8.91. The van der Waals surface area contributed by atoms with Crippen molar-refractivity contribution in [2.75, 3.05) is 20.3 Å². The minimum atomic E-state index is -5.12. The number of hydrogen-bond donors (Lipinski definition) is 2. The van der Waals surface area contributed by atoms with E-state index in [9.17, 15) is 36.6 Å². The monoisotopic (exact) mass is 645 g/mol. The standard InChI is InChI=1S/C30H33ClF5N3O5/c1-3-44-29(42)18-7-9-21(10-8-18)38-27(30(34,35)36)22(14-37)28(41)39(15-17-11-19(32)13-20(33)12-17)16-24(40)26-23(31)5-4-6-25(26)43-2/h4-6,11-14,18,21,24,40H,3,7-10,15-16,37H2,1-2H3. The summed E-state index contributed by atoms with van der Waals surface area (Å²) in [5.74, 6) is -4.02. The van der Waals surface area contributed by atoms with Crippen molar-refractivity contribution in [3.8, 4) is 5.75 Å². The van der Waals surface area contributed by atoms with Crippen molar-refractivity contribution in [2.45, 2.75) is 57.5 Å². The molecule has 1 fully saturated rings. The Morgan fingerprint density at radius 1 is 1.16 bits per heavy atom. The molecular weight excluding hydrogens is 613 g/mol. The molecule has 8 nitrogen and oxygen atoms in total. The Morgan fingerprint density at radius 3 is 2.34 bits per heavy atom. The third-order valence-corrected chi connectivity index (χ3v) is 7.42. The number of nitrogens with zero attached hydrogens (tertiary/aromatic N) is 2. The lowest BCUT2D eigenvalue weighted by Crippen LogP contribution is -2.41. The first-order chi connectivity index (χ1) is 20.8. The fourth-order valence-electron chi connectivity index (χ4n) is 5.06. The summed E-state index contributed by atoms with van der Waals surface area (Å²) in [5, 5.41) is 11.1. The number of aliphatic imine (C=N–C) groups is 1. The molecule has 240 valence electrons. The Balaban J connectivity index is 1.98. The number of alkyl halides is 3. The summed E-state index contributed by atoms with van der Waals surface area (Å²) in [6.45, 7) is 0.562. The Hall–Kier alpha value is -3.71. The van der Waals surface area contributed by atoms with Crippen LogP contribution in [0.4, 0.5) is 22.0 Å². The number of carbonyl (C=O) groups excluding carboxylic acids is 2. The zero-order valence-corrected chi connectivity index (χ0v) is 24.8. The number of benzene rings is 2. The van der Waals surface area contributed by atoms with Gasteiger partial charge in [-0.3, -0.25) is 14.6 Å². The molecule has 0 spiro atoms. The minimum Gasteiger partial charge on any atom is -0.496 e. The van der Waals surface area contributed by atoms with Gasteiger partial charge in [-0.15, -0.1) is 0 Å². The van der Waals surface area contributed by atoms with E-state index >= 15 is 0 Å². The molecule has 1 saturated carbocycles. The number of amides is 1. The van der Waals surface area contributed by atoms with Gasteiger partial charge < -0.3 is 25.2 Å². The average Bonchev–Trinajstić information content (AvgIpc) is 2.95. The minimum absolute atomic E-state index is 0.0428. The van der Waals surface area contributed by atoms with E-state index in [1.54, 1.807) is 6.92 Å². The van der Waals surface area contributed by atoms with Crippen LogP contribution in [-0.2, 0) is 20.9 Å². The van der Waals surface area contributed by atoms with Gasteiger partial charge in [-0.05, 0) is 62.4 Å². The van der Waals surface area contributed by atoms with Gasteiger partial charge in [0, 0.05) is 24.4 Å². The molecule has 1 atom stereocenters. The van der Waals surface area contributed by atoms with Crippen LogP contribution in [0.15, 0.2) is 53.2 Å². The van der Waals surface area contributed by atoms with Crippen LogP contribution < -0.4 is 10.5 Å². The SMILES string of the molecule is CCOC(=O)C1CCC(N=C(C(=CN)C(=O)N(Cc2cc(F)cc(F)c2)CC(O)c2c(Cl)cccc2OC)C(F)(F)F)CC1. The number of ether oxygens (including phenoxy) is 2. The molecule has 44 heavy (non-hydrogen) atoms. The molecule has 1 aliphatic carbocycles. The number of nitrogens with two attached hydrogens (primary N) is 1. The van der Waals surface area contributed by atoms with Crippen LogP contribution >= 0.6 is 11.6 Å². The van der Waals surface area contributed by atoms with E-state index in [1.807, 2.05) is 0 Å². The van der Waals surface area contributed by atoms with Crippen LogP contribution in [0.3, 0.4) is 0 Å². The Bertz CT molecular complexity index is 1370. The molecule has 1 aliphatic rings. The van der Waals surface area contributed by atoms with Gasteiger partial charge in [0.2, 0.25) is 0 Å². The molecule has 0 saturated heterocycles. The van der Waals surface area contributed by atoms with E-state index in [2.05, 4.69) is 4.99 Å². The lowest BCUT2D eigenvalue weighted by Gasteiger charge is -2.29. The first-order valence-electron chi connectivity index (χ1n) is 13.8. The van der Waals surface area contributed by atoms with Crippen molar-refractivity contribution in [2.24, 2.45) is 16.6 Å². The van der Waals surface area contributed by atoms with Gasteiger partial charge in [0.15, 0.2) is 5.71 Å². The van der Waals surface area contributed by atoms with Crippen LogP contribution in [-0.4, -0.2) is 60.1 Å². The van der Waals surface area contributed by atoms with E-state index in [1.165, 1.54) is 25.3 Å². The second kappa shape index (κ2) is 15.3. The number of esters is 1. The zero-order chi connectivity index (χ0) is 32.6. The summed E-state index contributed by atoms with van der Waals surface area (Å²) >= 11 is 6.25. The third-order valence-electron chi connectivity index (χ3n) is 7.09. The smallest absolute Gasteiger partial charge is 0.433 e. The van der Waals surface area contributed by atoms with Crippen molar-refractivity contribution < 1.29 is 46.1 Å². The van der Waals surface area contributed by atoms with E-state index in [0.29, 0.717) is 12.3 Å². The molecule has 0 aliphatic heterocycles. The fourth-order valence-corrected chi connectivity index (χ4v) is 5.35. The largest absolute Gasteiger partial charge is 0.496 e. The highest BCUT2D eigenvalue weighted by molar-refractivity contribution is 6.31. The van der Waals surface area contributed by atoms with Crippen molar-refractivity contribution in [3.05, 3.63) is 76.0 Å². The van der Waals surface area contributed by atoms with Crippen molar-refractivity contribution in [1.29, 1.82) is 0 Å². The summed E-state index contributed by atoms with van der Waals surface area (Å²) in [4.78, 5) is 30.4. The van der Waals surface area contributed by atoms with E-state index in [-0.39, 0.29) is 54.2 Å². The van der Waals surface area contributed by atoms with Crippen LogP contribution in [0, 0.1) is 17.6 Å². The Kier molecular flexibility index (Phi) is 12.1. The molecule has 2 aromatic carbocycles. The number of methoxy groups -OCH3 is 1. The van der Waals surface area contributed by atoms with E-state index in [0.717, 1.165) is 17.0 Å². The molecule has 1 amide bonds. The molecule has 0 aromatic heterocycles. The number of aliphatic hydroxyl groups excluding tert-OH is 1. The predicted molar refractivity (Wildman–Crippen MR) is 153 cm³/mol. The van der Waals surface area contributed by atoms with Crippen molar-refractivity contribution >= 4 is 29.2 Å². The second-order valence-electron chi connectivity index (χ2n) is 10.1. The highest BCUT2D eigenvalue weighted by atomic mass is 35.5. The molecule has 2 aromatic rings. The van der Waals surface area contributed by atoms with Crippen molar-refractivity contribution in [3.63, 3.8) is 0 Å². The molecule has 0 bridgehead atoms. The highest BCUT2D eigenvalue weighted by Crippen LogP contribution is 2.34. The summed E-state index contributed by atoms with van der Waals surface area (Å²) in [5.41, 5.74) is 2.95. The molecule has 3 rings (SSSR count). The van der Waals surface area contributed by atoms with Crippen LogP contribution in [0.1, 0.15) is 49.8 Å². The number of halogens is 6. The average molecular weight is 646 g/mol. The second-order valence-corrected chi connectivity index (χ2v) is 10.6. The number of rotatable bonds is 11. The summed E-state index contributed by atoms with van der Waals surface area (Å²) in [6, 6.07) is 5.98. The molecule has 1 unspecified atom stereocenters. The number of carbonyl (C=O) groups is 2. The van der Waals surface area contributed by atoms with Gasteiger partial charge in [0.25, 0.3) is 5.91 Å². The van der Waals surface area contributed by atoms with E-state index in [4.69, 9.17) is 26.8 Å². The van der Waals surface area contributed by atoms with Crippen LogP contribution in [0.5, 0.6) is 5.75 Å². The molecule has 0 heterocycles. The van der Waals surface area contributed by atoms with Gasteiger partial charge in [-0.25, -0.2) is 8.78 Å². The van der Waals surface area contributed by atoms with Gasteiger partial charge in [0.1, 0.15) is 23.5 Å². The first-order valence-corrected chi connectivity index (χ1v) is 14.1. The number of aliphatic hydroxyl groups is 1. The maximum Gasteiger partial charge on any atom is 0.433 e. The first kappa shape index (κ1) is 34.8. The maximum absolute atomic E-state index is 14.4. The summed E-state index contributed by atoms with van der Waals surface area (Å²) in [6.07, 6.45) is -5.50. The zero-order valence-electron chi connectivity index (χ0n) is 24.0. The maximum atomic E-state index is 14.4. The summed E-state index contributed by atoms with van der Waals surface area (Å²) < 4.78 is 81.4. The predicted octanol–water partition coefficient (Wildman–Crippen LogP) is 5.66. The number of hydrogen-bond acceptors (Lipinski definition) is 7. The molecular formula is C30H33ClF5N3O5. The molecule has 3 N–H and O–H groups in total. The quantitative estimate of drug-likeness (QED) is 0.141. The molecule has 0 radical (unpaired) electrons. The van der Waals surface area contributed by atoms with E-state index < -0.39 is 72.1 Å². The van der Waals surface area contributed by atoms with Gasteiger partial charge >= 0.3 is 12.1 Å². The fraction of sp³-hybridized carbons (Fsp3) is 0.433. The van der Waals surface area contributed by atoms with Gasteiger partial charge in [-0.2, -0.15) is 13.2 Å². The van der Waals surface area contributed by atoms with Gasteiger partial charge in [-0.1, -0.05) is 17.7 Å². The molecule has 14 heteroatoms. The summed E-state index contributed by atoms with van der Waals surface area (Å²) in [7, 11) is 1.31. The topological polar surface area (TPSA) is 114 Å². The van der Waals surface area contributed by atoms with Crippen LogP contribution in [0.25, 0.3) is 0 Å². The van der Waals surface area contributed by atoms with Gasteiger partial charge in [0.05, 0.1) is 42.8 Å². The lowest BCUT2D eigenvalue weighted by molar-refractivity contribution is -0.149. The Morgan fingerprint density at radius 2 is 1.80 bits per heavy atom. The Labute approximate surface area is 256 Å². The highest BCUT2D eigenvalue weighted by Gasteiger charge is 2.43. The van der Waals surface area contributed by atoms with Crippen molar-refractivity contribution in [1.82, 2.24) is 4.90 Å². The van der Waals surface area contributed by atoms with Crippen LogP contribution in [0.2, 0.25) is 5.02 Å².